The van der Waals surface area contributed by atoms with Crippen LogP contribution in [0.5, 0.6) is 0 Å². The van der Waals surface area contributed by atoms with E-state index in [1.54, 1.807) is 0 Å². The molecule has 0 radical (unpaired) electrons. The molecule has 1 aliphatic carbocycles. The second-order valence-corrected chi connectivity index (χ2v) is 6.65. The van der Waals surface area contributed by atoms with Gasteiger partial charge in [-0.1, -0.05) is 30.3 Å². The highest BCUT2D eigenvalue weighted by Crippen LogP contribution is 2.27. The van der Waals surface area contributed by atoms with E-state index in [-0.39, 0.29) is 5.91 Å². The summed E-state index contributed by atoms with van der Waals surface area (Å²) >= 11 is 0. The molecular weight excluding hydrogens is 302 g/mol. The van der Waals surface area contributed by atoms with Gasteiger partial charge in [0.25, 0.3) is 5.91 Å². The molecule has 3 aromatic rings. The van der Waals surface area contributed by atoms with Gasteiger partial charge in [0, 0.05) is 35.6 Å². The molecule has 0 unspecified atom stereocenters. The molecule has 0 aliphatic heterocycles. The summed E-state index contributed by atoms with van der Waals surface area (Å²) in [5.74, 6) is 1.33. The predicted molar refractivity (Wildman–Crippen MR) is 92.0 cm³/mol. The zero-order valence-corrected chi connectivity index (χ0v) is 13.8. The lowest BCUT2D eigenvalue weighted by molar-refractivity contribution is 0.0944. The van der Waals surface area contributed by atoms with E-state index in [4.69, 9.17) is 4.52 Å². The molecule has 0 saturated heterocycles. The fraction of sp³-hybridized carbons (Fsp3) is 0.368. The standard InChI is InChI=1S/C19H21N3O2/c1-12-6-7-17-15(10-12)18(22-24-17)19(23)20-9-8-13-11-21-16-5-3-2-4-14(13)16/h2-5,11-12,21H,6-10H2,1H3,(H,20,23)/t12-/m0/s1. The third kappa shape index (κ3) is 2.70. The topological polar surface area (TPSA) is 70.9 Å². The van der Waals surface area contributed by atoms with Gasteiger partial charge in [-0.25, -0.2) is 0 Å². The Morgan fingerprint density at radius 3 is 3.21 bits per heavy atom. The van der Waals surface area contributed by atoms with Gasteiger partial charge in [-0.2, -0.15) is 0 Å². The van der Waals surface area contributed by atoms with Crippen LogP contribution < -0.4 is 5.32 Å². The molecule has 5 nitrogen and oxygen atoms in total. The van der Waals surface area contributed by atoms with Crippen LogP contribution in [0.4, 0.5) is 0 Å². The molecule has 0 bridgehead atoms. The Kier molecular flexibility index (Phi) is 3.84. The van der Waals surface area contributed by atoms with Gasteiger partial charge < -0.3 is 14.8 Å². The third-order valence-corrected chi connectivity index (χ3v) is 4.86. The molecular formula is C19H21N3O2. The number of fused-ring (bicyclic) bond motifs is 2. The number of amides is 1. The summed E-state index contributed by atoms with van der Waals surface area (Å²) in [4.78, 5) is 15.7. The summed E-state index contributed by atoms with van der Waals surface area (Å²) in [6.07, 6.45) is 5.66. The monoisotopic (exact) mass is 323 g/mol. The Hall–Kier alpha value is -2.56. The third-order valence-electron chi connectivity index (χ3n) is 4.86. The van der Waals surface area contributed by atoms with E-state index in [9.17, 15) is 4.79 Å². The minimum atomic E-state index is -0.131. The van der Waals surface area contributed by atoms with Crippen LogP contribution in [0.1, 0.15) is 40.7 Å². The van der Waals surface area contributed by atoms with E-state index < -0.39 is 0 Å². The molecule has 2 aromatic heterocycles. The normalized spacial score (nSPS) is 17.0. The van der Waals surface area contributed by atoms with Gasteiger partial charge in [-0.15, -0.1) is 0 Å². The van der Waals surface area contributed by atoms with Crippen molar-refractivity contribution >= 4 is 16.8 Å². The summed E-state index contributed by atoms with van der Waals surface area (Å²) in [6, 6.07) is 8.19. The molecule has 1 amide bonds. The van der Waals surface area contributed by atoms with Crippen molar-refractivity contribution in [2.45, 2.75) is 32.6 Å². The number of benzene rings is 1. The molecule has 0 fully saturated rings. The lowest BCUT2D eigenvalue weighted by Crippen LogP contribution is -2.27. The van der Waals surface area contributed by atoms with Gasteiger partial charge in [-0.3, -0.25) is 4.79 Å². The van der Waals surface area contributed by atoms with Crippen LogP contribution in [0.25, 0.3) is 10.9 Å². The van der Waals surface area contributed by atoms with Crippen molar-refractivity contribution in [1.29, 1.82) is 0 Å². The molecule has 1 aromatic carbocycles. The van der Waals surface area contributed by atoms with Crippen molar-refractivity contribution in [1.82, 2.24) is 15.5 Å². The number of rotatable bonds is 4. The molecule has 5 heteroatoms. The molecule has 1 aliphatic rings. The molecule has 0 spiro atoms. The van der Waals surface area contributed by atoms with Gasteiger partial charge >= 0.3 is 0 Å². The molecule has 0 saturated carbocycles. The first-order valence-electron chi connectivity index (χ1n) is 8.53. The predicted octanol–water partition coefficient (Wildman–Crippen LogP) is 3.25. The van der Waals surface area contributed by atoms with Crippen molar-refractivity contribution in [3.05, 3.63) is 53.0 Å². The van der Waals surface area contributed by atoms with Crippen molar-refractivity contribution in [3.63, 3.8) is 0 Å². The Morgan fingerprint density at radius 2 is 2.29 bits per heavy atom. The summed E-state index contributed by atoms with van der Waals surface area (Å²) in [6.45, 7) is 2.78. The highest BCUT2D eigenvalue weighted by molar-refractivity contribution is 5.94. The van der Waals surface area contributed by atoms with Gasteiger partial charge in [-0.05, 0) is 36.8 Å². The first-order valence-corrected chi connectivity index (χ1v) is 8.53. The summed E-state index contributed by atoms with van der Waals surface area (Å²) in [5, 5.41) is 8.19. The van der Waals surface area contributed by atoms with Crippen molar-refractivity contribution in [2.75, 3.05) is 6.54 Å². The van der Waals surface area contributed by atoms with Crippen molar-refractivity contribution in [3.8, 4) is 0 Å². The second kappa shape index (κ2) is 6.15. The van der Waals surface area contributed by atoms with Gasteiger partial charge in [0.1, 0.15) is 5.76 Å². The number of carbonyl (C=O) groups is 1. The van der Waals surface area contributed by atoms with Gasteiger partial charge in [0.2, 0.25) is 0 Å². The van der Waals surface area contributed by atoms with Crippen molar-refractivity contribution in [2.24, 2.45) is 5.92 Å². The molecule has 4 rings (SSSR count). The van der Waals surface area contributed by atoms with Crippen LogP contribution in [-0.2, 0) is 19.3 Å². The number of aryl methyl sites for hydroxylation is 1. The maximum Gasteiger partial charge on any atom is 0.273 e. The number of H-pyrrole nitrogens is 1. The highest BCUT2D eigenvalue weighted by Gasteiger charge is 2.26. The van der Waals surface area contributed by atoms with E-state index in [0.717, 1.165) is 42.5 Å². The molecule has 1 atom stereocenters. The molecule has 2 N–H and O–H groups in total. The van der Waals surface area contributed by atoms with Gasteiger partial charge in [0.05, 0.1) is 0 Å². The van der Waals surface area contributed by atoms with Crippen LogP contribution in [-0.4, -0.2) is 22.6 Å². The number of nitrogens with one attached hydrogen (secondary N) is 2. The average Bonchev–Trinajstić information content (AvgIpc) is 3.19. The molecule has 124 valence electrons. The number of hydrogen-bond acceptors (Lipinski definition) is 3. The second-order valence-electron chi connectivity index (χ2n) is 6.65. The van der Waals surface area contributed by atoms with Crippen molar-refractivity contribution < 1.29 is 9.32 Å². The highest BCUT2D eigenvalue weighted by atomic mass is 16.5. The number of para-hydroxylation sites is 1. The minimum absolute atomic E-state index is 0.131. The number of hydrogen-bond donors (Lipinski definition) is 2. The number of aromatic nitrogens is 2. The van der Waals surface area contributed by atoms with Crippen LogP contribution in [0.3, 0.4) is 0 Å². The Morgan fingerprint density at radius 1 is 1.42 bits per heavy atom. The minimum Gasteiger partial charge on any atom is -0.361 e. The van der Waals surface area contributed by atoms with Crippen LogP contribution in [0, 0.1) is 5.92 Å². The Bertz CT molecular complexity index is 878. The number of carbonyl (C=O) groups excluding carboxylic acids is 1. The van der Waals surface area contributed by atoms with E-state index in [2.05, 4.69) is 34.5 Å². The SMILES string of the molecule is C[C@H]1CCc2onc(C(=O)NCCc3c[nH]c4ccccc34)c2C1. The quantitative estimate of drug-likeness (QED) is 0.774. The zero-order valence-electron chi connectivity index (χ0n) is 13.8. The molecule has 24 heavy (non-hydrogen) atoms. The first-order chi connectivity index (χ1) is 11.7. The molecule has 2 heterocycles. The largest absolute Gasteiger partial charge is 0.361 e. The zero-order chi connectivity index (χ0) is 16.5. The van der Waals surface area contributed by atoms with E-state index in [1.165, 1.54) is 10.9 Å². The summed E-state index contributed by atoms with van der Waals surface area (Å²) in [5.41, 5.74) is 3.80. The van der Waals surface area contributed by atoms with Crippen LogP contribution in [0.15, 0.2) is 35.0 Å². The number of nitrogens with zero attached hydrogens (tertiary/aromatic N) is 1. The van der Waals surface area contributed by atoms with E-state index >= 15 is 0 Å². The van der Waals surface area contributed by atoms with E-state index in [0.29, 0.717) is 18.2 Å². The smallest absolute Gasteiger partial charge is 0.273 e. The maximum atomic E-state index is 12.4. The summed E-state index contributed by atoms with van der Waals surface area (Å²) < 4.78 is 5.35. The van der Waals surface area contributed by atoms with Crippen LogP contribution in [0.2, 0.25) is 0 Å². The Labute approximate surface area is 140 Å². The first kappa shape index (κ1) is 15.0. The fourth-order valence-corrected chi connectivity index (χ4v) is 3.49. The van der Waals surface area contributed by atoms with E-state index in [1.807, 2.05) is 18.3 Å². The van der Waals surface area contributed by atoms with Gasteiger partial charge in [0.15, 0.2) is 5.69 Å². The lowest BCUT2D eigenvalue weighted by Gasteiger charge is -2.16. The lowest BCUT2D eigenvalue weighted by atomic mass is 9.88. The Balaban J connectivity index is 1.41. The fourth-order valence-electron chi connectivity index (χ4n) is 3.49. The average molecular weight is 323 g/mol. The summed E-state index contributed by atoms with van der Waals surface area (Å²) in [7, 11) is 0. The number of aromatic amines is 1. The van der Waals surface area contributed by atoms with Crippen LogP contribution >= 0.6 is 0 Å². The maximum absolute atomic E-state index is 12.4.